The van der Waals surface area contributed by atoms with Crippen molar-refractivity contribution < 1.29 is 32.5 Å². The zero-order chi connectivity index (χ0) is 19.8. The summed E-state index contributed by atoms with van der Waals surface area (Å²) in [6.07, 6.45) is -4.09. The number of aryl methyl sites for hydroxylation is 1. The molecule has 0 saturated carbocycles. The summed E-state index contributed by atoms with van der Waals surface area (Å²) < 4.78 is 50.7. The molecule has 148 valence electrons. The van der Waals surface area contributed by atoms with E-state index in [1.165, 1.54) is 0 Å². The van der Waals surface area contributed by atoms with Crippen molar-refractivity contribution >= 4 is 5.91 Å². The lowest BCUT2D eigenvalue weighted by Gasteiger charge is -2.33. The Morgan fingerprint density at radius 2 is 2.04 bits per heavy atom. The molecule has 2 aliphatic heterocycles. The van der Waals surface area contributed by atoms with Gasteiger partial charge in [-0.1, -0.05) is 19.9 Å². The minimum absolute atomic E-state index is 0.0601. The number of allylic oxidation sites excluding steroid dienone is 1. The molecule has 1 aromatic rings. The molecule has 2 heterocycles. The zero-order valence-electron chi connectivity index (χ0n) is 15.0. The highest BCUT2D eigenvalue weighted by molar-refractivity contribution is 5.78. The van der Waals surface area contributed by atoms with E-state index in [9.17, 15) is 23.1 Å². The van der Waals surface area contributed by atoms with Gasteiger partial charge in [0.1, 0.15) is 0 Å². The quantitative estimate of drug-likeness (QED) is 0.814. The molecule has 2 aliphatic rings. The maximum atomic E-state index is 13.4. The van der Waals surface area contributed by atoms with Crippen LogP contribution in [0.25, 0.3) is 0 Å². The first-order chi connectivity index (χ1) is 12.6. The van der Waals surface area contributed by atoms with E-state index in [4.69, 9.17) is 9.47 Å². The predicted octanol–water partition coefficient (Wildman–Crippen LogP) is 2.88. The summed E-state index contributed by atoms with van der Waals surface area (Å²) >= 11 is 0. The van der Waals surface area contributed by atoms with Gasteiger partial charge in [0.25, 0.3) is 5.72 Å². The fourth-order valence-corrected chi connectivity index (χ4v) is 3.03. The minimum Gasteiger partial charge on any atom is -0.454 e. The van der Waals surface area contributed by atoms with Gasteiger partial charge < -0.3 is 14.6 Å². The smallest absolute Gasteiger partial charge is 0.442 e. The number of ether oxygens (including phenoxy) is 2. The molecule has 0 aromatic heterocycles. The van der Waals surface area contributed by atoms with Crippen LogP contribution < -0.4 is 14.9 Å². The van der Waals surface area contributed by atoms with Crippen molar-refractivity contribution in [3.63, 3.8) is 0 Å². The van der Waals surface area contributed by atoms with Crippen LogP contribution in [0.4, 0.5) is 13.2 Å². The van der Waals surface area contributed by atoms with Crippen LogP contribution in [0.1, 0.15) is 32.3 Å². The Hall–Kier alpha value is -2.42. The van der Waals surface area contributed by atoms with E-state index in [1.807, 2.05) is 13.8 Å². The van der Waals surface area contributed by atoms with Gasteiger partial charge in [0.2, 0.25) is 12.7 Å². The van der Waals surface area contributed by atoms with Gasteiger partial charge in [0.15, 0.2) is 11.5 Å². The number of carbonyl (C=O) groups is 1. The van der Waals surface area contributed by atoms with Gasteiger partial charge in [0.05, 0.1) is 0 Å². The summed E-state index contributed by atoms with van der Waals surface area (Å²) in [5, 5.41) is 10.4. The SMILES string of the molecule is CC(C)CC1=C[C@@](O)(C(F)(F)F)N(C(=O)CCc2ccc3c(c2)OCO3)N1. The van der Waals surface area contributed by atoms with Crippen molar-refractivity contribution in [2.45, 2.75) is 45.0 Å². The molecule has 3 rings (SSSR count). The third kappa shape index (κ3) is 3.83. The molecule has 1 atom stereocenters. The highest BCUT2D eigenvalue weighted by atomic mass is 19.4. The Balaban J connectivity index is 1.71. The van der Waals surface area contributed by atoms with Gasteiger partial charge >= 0.3 is 6.18 Å². The molecule has 0 aliphatic carbocycles. The maximum absolute atomic E-state index is 13.4. The van der Waals surface area contributed by atoms with Gasteiger partial charge in [0, 0.05) is 12.1 Å². The summed E-state index contributed by atoms with van der Waals surface area (Å²) in [4.78, 5) is 12.5. The first kappa shape index (κ1) is 19.3. The molecule has 27 heavy (non-hydrogen) atoms. The summed E-state index contributed by atoms with van der Waals surface area (Å²) in [7, 11) is 0. The van der Waals surface area contributed by atoms with Crippen LogP contribution in [0.2, 0.25) is 0 Å². The normalized spacial score (nSPS) is 21.4. The van der Waals surface area contributed by atoms with Crippen molar-refractivity contribution in [1.29, 1.82) is 0 Å². The van der Waals surface area contributed by atoms with E-state index < -0.39 is 17.8 Å². The number of hydrogen-bond acceptors (Lipinski definition) is 5. The second-order valence-corrected chi connectivity index (χ2v) is 7.02. The predicted molar refractivity (Wildman–Crippen MR) is 89.4 cm³/mol. The number of halogens is 3. The number of hydrogen-bond donors (Lipinski definition) is 2. The molecule has 0 radical (unpaired) electrons. The average Bonchev–Trinajstić information content (AvgIpc) is 3.15. The lowest BCUT2D eigenvalue weighted by molar-refractivity contribution is -0.289. The number of carbonyl (C=O) groups excluding carboxylic acids is 1. The Morgan fingerprint density at radius 1 is 1.33 bits per heavy atom. The summed E-state index contributed by atoms with van der Waals surface area (Å²) in [5.41, 5.74) is -0.0427. The Morgan fingerprint density at radius 3 is 2.70 bits per heavy atom. The number of aliphatic hydroxyl groups is 1. The highest BCUT2D eigenvalue weighted by Crippen LogP contribution is 2.39. The molecule has 6 nitrogen and oxygen atoms in total. The van der Waals surface area contributed by atoms with Crippen molar-refractivity contribution in [1.82, 2.24) is 10.4 Å². The van der Waals surface area contributed by atoms with Gasteiger partial charge in [-0.25, -0.2) is 5.01 Å². The van der Waals surface area contributed by atoms with Crippen LogP contribution in [-0.4, -0.2) is 34.7 Å². The summed E-state index contributed by atoms with van der Waals surface area (Å²) in [5.74, 6) is 0.319. The van der Waals surface area contributed by atoms with Crippen molar-refractivity contribution in [2.24, 2.45) is 5.92 Å². The molecular formula is C18H21F3N2O4. The van der Waals surface area contributed by atoms with Crippen molar-refractivity contribution in [3.8, 4) is 11.5 Å². The number of hydrazine groups is 1. The van der Waals surface area contributed by atoms with E-state index >= 15 is 0 Å². The maximum Gasteiger partial charge on any atom is 0.442 e. The molecule has 0 fully saturated rings. The fourth-order valence-electron chi connectivity index (χ4n) is 3.03. The van der Waals surface area contributed by atoms with Gasteiger partial charge in [-0.2, -0.15) is 13.2 Å². The van der Waals surface area contributed by atoms with Crippen molar-refractivity contribution in [3.05, 3.63) is 35.5 Å². The number of amides is 1. The molecule has 0 spiro atoms. The van der Waals surface area contributed by atoms with Crippen LogP contribution in [0.3, 0.4) is 0 Å². The second-order valence-electron chi connectivity index (χ2n) is 7.02. The van der Waals surface area contributed by atoms with E-state index in [0.717, 1.165) is 5.56 Å². The molecule has 0 saturated heterocycles. The number of fused-ring (bicyclic) bond motifs is 1. The number of nitrogens with zero attached hydrogens (tertiary/aromatic N) is 1. The van der Waals surface area contributed by atoms with Crippen LogP contribution in [0.15, 0.2) is 30.0 Å². The van der Waals surface area contributed by atoms with Crippen LogP contribution in [0, 0.1) is 5.92 Å². The fraction of sp³-hybridized carbons (Fsp3) is 0.500. The molecular weight excluding hydrogens is 365 g/mol. The molecule has 0 unspecified atom stereocenters. The Kier molecular flexibility index (Phi) is 4.98. The second kappa shape index (κ2) is 6.95. The first-order valence-corrected chi connectivity index (χ1v) is 8.59. The number of alkyl halides is 3. The lowest BCUT2D eigenvalue weighted by atomic mass is 10.1. The minimum atomic E-state index is -5.02. The van der Waals surface area contributed by atoms with Crippen LogP contribution in [0.5, 0.6) is 11.5 Å². The number of rotatable bonds is 5. The van der Waals surface area contributed by atoms with Crippen LogP contribution >= 0.6 is 0 Å². The Labute approximate surface area is 154 Å². The first-order valence-electron chi connectivity index (χ1n) is 8.59. The highest BCUT2D eigenvalue weighted by Gasteiger charge is 2.61. The van der Waals surface area contributed by atoms with E-state index in [1.54, 1.807) is 18.2 Å². The molecule has 2 N–H and O–H groups in total. The Bertz CT molecular complexity index is 763. The lowest BCUT2D eigenvalue weighted by Crippen LogP contribution is -2.60. The van der Waals surface area contributed by atoms with E-state index in [2.05, 4.69) is 5.43 Å². The average molecular weight is 386 g/mol. The molecule has 1 aromatic carbocycles. The largest absolute Gasteiger partial charge is 0.454 e. The van der Waals surface area contributed by atoms with Gasteiger partial charge in [-0.15, -0.1) is 0 Å². The third-order valence-electron chi connectivity index (χ3n) is 4.33. The third-order valence-corrected chi connectivity index (χ3v) is 4.33. The number of nitrogens with one attached hydrogen (secondary N) is 1. The molecule has 9 heteroatoms. The van der Waals surface area contributed by atoms with Crippen LogP contribution in [-0.2, 0) is 11.2 Å². The van der Waals surface area contributed by atoms with Gasteiger partial charge in [-0.05, 0) is 42.5 Å². The van der Waals surface area contributed by atoms with Crippen molar-refractivity contribution in [2.75, 3.05) is 6.79 Å². The number of benzene rings is 1. The summed E-state index contributed by atoms with van der Waals surface area (Å²) in [6.45, 7) is 3.77. The zero-order valence-corrected chi connectivity index (χ0v) is 15.0. The standard InChI is InChI=1S/C18H21F3N2O4/c1-11(2)7-13-9-17(25,18(19,20)21)23(22-13)16(24)6-4-12-3-5-14-15(8-12)27-10-26-14/h3,5,8-9,11,22,25H,4,6-7,10H2,1-2H3/t17-/m1/s1. The monoisotopic (exact) mass is 386 g/mol. The van der Waals surface area contributed by atoms with E-state index in [-0.39, 0.29) is 42.7 Å². The topological polar surface area (TPSA) is 71.0 Å². The van der Waals surface area contributed by atoms with E-state index in [0.29, 0.717) is 17.6 Å². The van der Waals surface area contributed by atoms with Gasteiger partial charge in [-0.3, -0.25) is 10.2 Å². The molecule has 0 bridgehead atoms. The molecule has 1 amide bonds. The summed E-state index contributed by atoms with van der Waals surface area (Å²) in [6, 6.07) is 5.09.